The molecule has 1 aromatic rings. The monoisotopic (exact) mass is 367 g/mol. The summed E-state index contributed by atoms with van der Waals surface area (Å²) in [5.74, 6) is 0.175. The van der Waals surface area contributed by atoms with E-state index >= 15 is 0 Å². The molecule has 140 valence electrons. The SMILES string of the molecule is CCN1CCN(C(=O)CCc2ccc(S(=O)(=O)NC(C)C)cc2)CC1. The molecule has 0 saturated carbocycles. The third kappa shape index (κ3) is 5.80. The largest absolute Gasteiger partial charge is 0.340 e. The second-order valence-electron chi connectivity index (χ2n) is 6.73. The van der Waals surface area contributed by atoms with Crippen LogP contribution in [0.2, 0.25) is 0 Å². The van der Waals surface area contributed by atoms with Gasteiger partial charge in [-0.2, -0.15) is 0 Å². The van der Waals surface area contributed by atoms with Crippen molar-refractivity contribution in [1.82, 2.24) is 14.5 Å². The van der Waals surface area contributed by atoms with Crippen LogP contribution >= 0.6 is 0 Å². The van der Waals surface area contributed by atoms with Crippen molar-refractivity contribution >= 4 is 15.9 Å². The van der Waals surface area contributed by atoms with E-state index in [4.69, 9.17) is 0 Å². The van der Waals surface area contributed by atoms with Gasteiger partial charge < -0.3 is 9.80 Å². The summed E-state index contributed by atoms with van der Waals surface area (Å²) >= 11 is 0. The lowest BCUT2D eigenvalue weighted by Crippen LogP contribution is -2.48. The summed E-state index contributed by atoms with van der Waals surface area (Å²) in [6.45, 7) is 10.2. The van der Waals surface area contributed by atoms with E-state index in [1.165, 1.54) is 0 Å². The number of hydrogen-bond acceptors (Lipinski definition) is 4. The number of sulfonamides is 1. The van der Waals surface area contributed by atoms with Crippen molar-refractivity contribution in [3.05, 3.63) is 29.8 Å². The van der Waals surface area contributed by atoms with Crippen molar-refractivity contribution < 1.29 is 13.2 Å². The van der Waals surface area contributed by atoms with Gasteiger partial charge in [0, 0.05) is 38.6 Å². The van der Waals surface area contributed by atoms with Gasteiger partial charge in [0.25, 0.3) is 0 Å². The highest BCUT2D eigenvalue weighted by Crippen LogP contribution is 2.13. The number of benzene rings is 1. The number of carbonyl (C=O) groups excluding carboxylic acids is 1. The number of nitrogens with zero attached hydrogens (tertiary/aromatic N) is 2. The molecule has 0 radical (unpaired) electrons. The van der Waals surface area contributed by atoms with E-state index in [0.29, 0.717) is 12.8 Å². The fourth-order valence-electron chi connectivity index (χ4n) is 2.94. The molecule has 1 saturated heterocycles. The van der Waals surface area contributed by atoms with Crippen LogP contribution in [-0.4, -0.2) is 62.9 Å². The summed E-state index contributed by atoms with van der Waals surface area (Å²) in [6, 6.07) is 6.64. The maximum atomic E-state index is 12.3. The first-order valence-electron chi connectivity index (χ1n) is 8.93. The number of carbonyl (C=O) groups is 1. The Morgan fingerprint density at radius 3 is 2.24 bits per heavy atom. The lowest BCUT2D eigenvalue weighted by Gasteiger charge is -2.34. The predicted octanol–water partition coefficient (Wildman–Crippen LogP) is 1.47. The van der Waals surface area contributed by atoms with Crippen molar-refractivity contribution in [1.29, 1.82) is 0 Å². The van der Waals surface area contributed by atoms with Gasteiger partial charge in [0.05, 0.1) is 4.90 Å². The second-order valence-corrected chi connectivity index (χ2v) is 8.45. The summed E-state index contributed by atoms with van der Waals surface area (Å²) in [5.41, 5.74) is 0.976. The lowest BCUT2D eigenvalue weighted by molar-refractivity contribution is -0.132. The topological polar surface area (TPSA) is 69.7 Å². The van der Waals surface area contributed by atoms with Crippen LogP contribution in [0.4, 0.5) is 0 Å². The summed E-state index contributed by atoms with van der Waals surface area (Å²) in [4.78, 5) is 16.8. The van der Waals surface area contributed by atoms with Crippen LogP contribution in [0.15, 0.2) is 29.2 Å². The van der Waals surface area contributed by atoms with E-state index in [-0.39, 0.29) is 16.8 Å². The fourth-order valence-corrected chi connectivity index (χ4v) is 4.19. The molecular weight excluding hydrogens is 338 g/mol. The average Bonchev–Trinajstić information content (AvgIpc) is 2.59. The minimum Gasteiger partial charge on any atom is -0.340 e. The van der Waals surface area contributed by atoms with E-state index < -0.39 is 10.0 Å². The normalized spacial score (nSPS) is 16.4. The Morgan fingerprint density at radius 1 is 1.12 bits per heavy atom. The molecule has 6 nitrogen and oxygen atoms in total. The van der Waals surface area contributed by atoms with E-state index in [2.05, 4.69) is 16.5 Å². The van der Waals surface area contributed by atoms with E-state index in [0.717, 1.165) is 38.3 Å². The second kappa shape index (κ2) is 8.78. The molecular formula is C18H29N3O3S. The van der Waals surface area contributed by atoms with Crippen LogP contribution in [0.5, 0.6) is 0 Å². The van der Waals surface area contributed by atoms with Crippen molar-refractivity contribution in [2.24, 2.45) is 0 Å². The highest BCUT2D eigenvalue weighted by Gasteiger charge is 2.20. The van der Waals surface area contributed by atoms with Crippen LogP contribution in [0.1, 0.15) is 32.8 Å². The molecule has 1 fully saturated rings. The molecule has 0 aliphatic carbocycles. The smallest absolute Gasteiger partial charge is 0.240 e. The first-order valence-corrected chi connectivity index (χ1v) is 10.4. The Kier molecular flexibility index (Phi) is 6.98. The highest BCUT2D eigenvalue weighted by molar-refractivity contribution is 7.89. The minimum atomic E-state index is -3.46. The van der Waals surface area contributed by atoms with Crippen LogP contribution in [0, 0.1) is 0 Å². The zero-order valence-corrected chi connectivity index (χ0v) is 16.2. The summed E-state index contributed by atoms with van der Waals surface area (Å²) in [7, 11) is -3.46. The van der Waals surface area contributed by atoms with Crippen LogP contribution in [-0.2, 0) is 21.2 Å². The highest BCUT2D eigenvalue weighted by atomic mass is 32.2. The van der Waals surface area contributed by atoms with E-state index in [9.17, 15) is 13.2 Å². The van der Waals surface area contributed by atoms with Gasteiger partial charge in [-0.05, 0) is 44.5 Å². The minimum absolute atomic E-state index is 0.143. The third-order valence-corrected chi connectivity index (χ3v) is 6.10. The van der Waals surface area contributed by atoms with Crippen LogP contribution in [0.3, 0.4) is 0 Å². The molecule has 1 aliphatic rings. The van der Waals surface area contributed by atoms with Gasteiger partial charge in [0.2, 0.25) is 15.9 Å². The molecule has 0 spiro atoms. The number of amides is 1. The van der Waals surface area contributed by atoms with Crippen molar-refractivity contribution in [2.45, 2.75) is 44.6 Å². The van der Waals surface area contributed by atoms with Gasteiger partial charge in [-0.1, -0.05) is 19.1 Å². The summed E-state index contributed by atoms with van der Waals surface area (Å²) < 4.78 is 26.8. The van der Waals surface area contributed by atoms with Crippen molar-refractivity contribution in [2.75, 3.05) is 32.7 Å². The van der Waals surface area contributed by atoms with Crippen molar-refractivity contribution in [3.63, 3.8) is 0 Å². The zero-order chi connectivity index (χ0) is 18.4. The number of rotatable bonds is 7. The number of nitrogens with one attached hydrogen (secondary N) is 1. The van der Waals surface area contributed by atoms with Crippen molar-refractivity contribution in [3.8, 4) is 0 Å². The predicted molar refractivity (Wildman–Crippen MR) is 98.9 cm³/mol. The number of likely N-dealkylation sites (N-methyl/N-ethyl adjacent to an activating group) is 1. The molecule has 1 aromatic carbocycles. The first kappa shape index (κ1) is 19.9. The first-order chi connectivity index (χ1) is 11.8. The maximum Gasteiger partial charge on any atom is 0.240 e. The van der Waals surface area contributed by atoms with E-state index in [1.807, 2.05) is 4.90 Å². The number of aryl methyl sites for hydroxylation is 1. The van der Waals surface area contributed by atoms with Gasteiger partial charge in [-0.15, -0.1) is 0 Å². The maximum absolute atomic E-state index is 12.3. The zero-order valence-electron chi connectivity index (χ0n) is 15.4. The number of hydrogen-bond donors (Lipinski definition) is 1. The molecule has 0 atom stereocenters. The molecule has 1 heterocycles. The standard InChI is InChI=1S/C18H29N3O3S/c1-4-20-11-13-21(14-12-20)18(22)10-7-16-5-8-17(9-6-16)25(23,24)19-15(2)3/h5-6,8-9,15,19H,4,7,10-14H2,1-3H3. The Balaban J connectivity index is 1.86. The van der Waals surface area contributed by atoms with Gasteiger partial charge in [-0.3, -0.25) is 4.79 Å². The molecule has 2 rings (SSSR count). The van der Waals surface area contributed by atoms with Gasteiger partial charge in [-0.25, -0.2) is 13.1 Å². The van der Waals surface area contributed by atoms with Gasteiger partial charge in [0.15, 0.2) is 0 Å². The molecule has 0 aromatic heterocycles. The fraction of sp³-hybridized carbons (Fsp3) is 0.611. The van der Waals surface area contributed by atoms with Gasteiger partial charge in [0.1, 0.15) is 0 Å². The van der Waals surface area contributed by atoms with Crippen LogP contribution in [0.25, 0.3) is 0 Å². The third-order valence-electron chi connectivity index (χ3n) is 4.42. The Bertz CT molecular complexity index is 663. The molecule has 0 unspecified atom stereocenters. The van der Waals surface area contributed by atoms with E-state index in [1.54, 1.807) is 38.1 Å². The van der Waals surface area contributed by atoms with Crippen LogP contribution < -0.4 is 4.72 Å². The van der Waals surface area contributed by atoms with Gasteiger partial charge >= 0.3 is 0 Å². The molecule has 25 heavy (non-hydrogen) atoms. The number of piperazine rings is 1. The Hall–Kier alpha value is -1.44. The molecule has 1 N–H and O–H groups in total. The average molecular weight is 368 g/mol. The quantitative estimate of drug-likeness (QED) is 0.792. The Morgan fingerprint density at radius 2 is 1.72 bits per heavy atom. The molecule has 1 amide bonds. The molecule has 7 heteroatoms. The molecule has 0 bridgehead atoms. The molecule has 1 aliphatic heterocycles. The Labute approximate surface area is 151 Å². The lowest BCUT2D eigenvalue weighted by atomic mass is 10.1. The summed E-state index contributed by atoms with van der Waals surface area (Å²) in [6.07, 6.45) is 1.09. The summed E-state index contributed by atoms with van der Waals surface area (Å²) in [5, 5.41) is 0.